The van der Waals surface area contributed by atoms with E-state index in [-0.39, 0.29) is 0 Å². The Kier molecular flexibility index (Phi) is 2.66. The second kappa shape index (κ2) is 4.31. The van der Waals surface area contributed by atoms with Crippen LogP contribution in [0.15, 0.2) is 46.2 Å². The summed E-state index contributed by atoms with van der Waals surface area (Å²) in [7, 11) is 0. The summed E-state index contributed by atoms with van der Waals surface area (Å²) in [6.45, 7) is 0. The minimum atomic E-state index is 0.769. The van der Waals surface area contributed by atoms with Gasteiger partial charge in [-0.1, -0.05) is 17.8 Å². The molecule has 4 nitrogen and oxygen atoms in total. The van der Waals surface area contributed by atoms with Gasteiger partial charge in [0.1, 0.15) is 6.33 Å². The third-order valence-electron chi connectivity index (χ3n) is 2.36. The second-order valence-corrected chi connectivity index (χ2v) is 5.45. The summed E-state index contributed by atoms with van der Waals surface area (Å²) in [5.41, 5.74) is 6.91. The Morgan fingerprint density at radius 3 is 3.00 bits per heavy atom. The summed E-state index contributed by atoms with van der Waals surface area (Å²) in [5.74, 6) is 0. The number of anilines is 1. The van der Waals surface area contributed by atoms with Gasteiger partial charge in [-0.05, 0) is 23.7 Å². The fourth-order valence-corrected chi connectivity index (χ4v) is 3.03. The van der Waals surface area contributed by atoms with Crippen LogP contribution in [0.3, 0.4) is 0 Å². The molecule has 0 bridgehead atoms. The van der Waals surface area contributed by atoms with Crippen molar-refractivity contribution in [3.8, 4) is 0 Å². The molecule has 0 spiro atoms. The van der Waals surface area contributed by atoms with Gasteiger partial charge in [-0.15, -0.1) is 0 Å². The SMILES string of the molecule is Nc1c(Sc2ncns2)ccc2cnccc12. The first kappa shape index (κ1) is 10.5. The van der Waals surface area contributed by atoms with Crippen LogP contribution in [0.25, 0.3) is 10.8 Å². The van der Waals surface area contributed by atoms with Crippen LogP contribution in [-0.4, -0.2) is 14.3 Å². The number of hydrogen-bond donors (Lipinski definition) is 1. The molecule has 84 valence electrons. The minimum Gasteiger partial charge on any atom is -0.397 e. The molecule has 0 unspecified atom stereocenters. The Morgan fingerprint density at radius 2 is 2.18 bits per heavy atom. The second-order valence-electron chi connectivity index (χ2n) is 3.38. The maximum absolute atomic E-state index is 6.14. The number of aromatic nitrogens is 3. The number of nitrogens with two attached hydrogens (primary N) is 1. The van der Waals surface area contributed by atoms with E-state index in [1.54, 1.807) is 12.5 Å². The topological polar surface area (TPSA) is 64.7 Å². The number of benzene rings is 1. The maximum atomic E-state index is 6.14. The molecule has 0 fully saturated rings. The molecule has 0 aliphatic rings. The molecule has 0 saturated heterocycles. The molecule has 0 aliphatic carbocycles. The molecular formula is C11H8N4S2. The molecule has 3 aromatic rings. The predicted octanol–water partition coefficient (Wildman–Crippen LogP) is 2.82. The van der Waals surface area contributed by atoms with Crippen molar-refractivity contribution in [1.29, 1.82) is 0 Å². The summed E-state index contributed by atoms with van der Waals surface area (Å²) >= 11 is 2.90. The van der Waals surface area contributed by atoms with Crippen LogP contribution in [0, 0.1) is 0 Å². The van der Waals surface area contributed by atoms with E-state index < -0.39 is 0 Å². The molecule has 1 aromatic carbocycles. The van der Waals surface area contributed by atoms with Crippen LogP contribution in [0.4, 0.5) is 5.69 Å². The van der Waals surface area contributed by atoms with Crippen LogP contribution in [0.1, 0.15) is 0 Å². The first-order chi connectivity index (χ1) is 8.34. The molecule has 0 saturated carbocycles. The number of nitrogens with zero attached hydrogens (tertiary/aromatic N) is 3. The molecule has 0 radical (unpaired) electrons. The molecular weight excluding hydrogens is 252 g/mol. The zero-order valence-corrected chi connectivity index (χ0v) is 10.3. The monoisotopic (exact) mass is 260 g/mol. The third-order valence-corrected chi connectivity index (χ3v) is 4.15. The summed E-state index contributed by atoms with van der Waals surface area (Å²) in [5, 5.41) is 2.07. The van der Waals surface area contributed by atoms with E-state index in [1.165, 1.54) is 23.3 Å². The lowest BCUT2D eigenvalue weighted by Crippen LogP contribution is -1.90. The summed E-state index contributed by atoms with van der Waals surface area (Å²) in [6, 6.07) is 5.93. The van der Waals surface area contributed by atoms with Gasteiger partial charge < -0.3 is 5.73 Å². The quantitative estimate of drug-likeness (QED) is 0.718. The standard InChI is InChI=1S/C11H8N4S2/c12-10-8-3-4-13-5-7(8)1-2-9(10)16-11-14-6-15-17-11/h1-6H,12H2. The van der Waals surface area contributed by atoms with Crippen molar-refractivity contribution >= 4 is 39.8 Å². The van der Waals surface area contributed by atoms with Crippen molar-refractivity contribution in [3.05, 3.63) is 36.9 Å². The number of pyridine rings is 1. The Bertz CT molecular complexity index is 652. The van der Waals surface area contributed by atoms with Crippen molar-refractivity contribution in [2.75, 3.05) is 5.73 Å². The number of nitrogen functional groups attached to an aromatic ring is 1. The van der Waals surface area contributed by atoms with Crippen LogP contribution >= 0.6 is 23.3 Å². The smallest absolute Gasteiger partial charge is 0.174 e. The first-order valence-corrected chi connectivity index (χ1v) is 6.50. The van der Waals surface area contributed by atoms with E-state index in [2.05, 4.69) is 14.3 Å². The van der Waals surface area contributed by atoms with E-state index in [1.807, 2.05) is 24.4 Å². The highest BCUT2D eigenvalue weighted by Gasteiger charge is 2.07. The number of fused-ring (bicyclic) bond motifs is 1. The molecule has 2 aromatic heterocycles. The first-order valence-electron chi connectivity index (χ1n) is 4.91. The summed E-state index contributed by atoms with van der Waals surface area (Å²) in [6.07, 6.45) is 5.11. The Morgan fingerprint density at radius 1 is 1.24 bits per heavy atom. The zero-order valence-electron chi connectivity index (χ0n) is 8.70. The van der Waals surface area contributed by atoms with Crippen LogP contribution < -0.4 is 5.73 Å². The third kappa shape index (κ3) is 1.96. The molecule has 2 heterocycles. The van der Waals surface area contributed by atoms with E-state index in [9.17, 15) is 0 Å². The highest BCUT2D eigenvalue weighted by atomic mass is 32.2. The maximum Gasteiger partial charge on any atom is 0.174 e. The lowest BCUT2D eigenvalue weighted by Gasteiger charge is -2.06. The molecule has 2 N–H and O–H groups in total. The van der Waals surface area contributed by atoms with E-state index in [4.69, 9.17) is 5.73 Å². The zero-order chi connectivity index (χ0) is 11.7. The molecule has 3 rings (SSSR count). The molecule has 17 heavy (non-hydrogen) atoms. The van der Waals surface area contributed by atoms with Gasteiger partial charge in [0, 0.05) is 28.1 Å². The van der Waals surface area contributed by atoms with Gasteiger partial charge >= 0.3 is 0 Å². The Labute approximate surface area is 106 Å². The molecule has 0 amide bonds. The number of hydrogen-bond acceptors (Lipinski definition) is 6. The van der Waals surface area contributed by atoms with Crippen LogP contribution in [0.5, 0.6) is 0 Å². The largest absolute Gasteiger partial charge is 0.397 e. The average molecular weight is 260 g/mol. The molecule has 0 aliphatic heterocycles. The fraction of sp³-hybridized carbons (Fsp3) is 0. The lowest BCUT2D eigenvalue weighted by atomic mass is 10.1. The normalized spacial score (nSPS) is 10.8. The highest BCUT2D eigenvalue weighted by molar-refractivity contribution is 8.01. The van der Waals surface area contributed by atoms with E-state index in [0.717, 1.165) is 25.7 Å². The van der Waals surface area contributed by atoms with Crippen molar-refractivity contribution in [2.24, 2.45) is 0 Å². The van der Waals surface area contributed by atoms with Crippen molar-refractivity contribution in [1.82, 2.24) is 14.3 Å². The minimum absolute atomic E-state index is 0.769. The number of rotatable bonds is 2. The lowest BCUT2D eigenvalue weighted by molar-refractivity contribution is 1.21. The van der Waals surface area contributed by atoms with E-state index in [0.29, 0.717) is 0 Å². The van der Waals surface area contributed by atoms with Crippen LogP contribution in [-0.2, 0) is 0 Å². The van der Waals surface area contributed by atoms with Gasteiger partial charge in [0.15, 0.2) is 4.34 Å². The summed E-state index contributed by atoms with van der Waals surface area (Å²) in [4.78, 5) is 9.21. The predicted molar refractivity (Wildman–Crippen MR) is 70.2 cm³/mol. The van der Waals surface area contributed by atoms with Gasteiger partial charge in [0.25, 0.3) is 0 Å². The van der Waals surface area contributed by atoms with Gasteiger partial charge in [0.05, 0.1) is 5.69 Å². The Balaban J connectivity index is 2.09. The van der Waals surface area contributed by atoms with Gasteiger partial charge in [-0.25, -0.2) is 4.98 Å². The van der Waals surface area contributed by atoms with Crippen molar-refractivity contribution < 1.29 is 0 Å². The summed E-state index contributed by atoms with van der Waals surface area (Å²) < 4.78 is 4.86. The highest BCUT2D eigenvalue weighted by Crippen LogP contribution is 2.36. The van der Waals surface area contributed by atoms with E-state index >= 15 is 0 Å². The van der Waals surface area contributed by atoms with Gasteiger partial charge in [-0.2, -0.15) is 4.37 Å². The van der Waals surface area contributed by atoms with Crippen molar-refractivity contribution in [3.63, 3.8) is 0 Å². The fourth-order valence-electron chi connectivity index (χ4n) is 1.56. The van der Waals surface area contributed by atoms with Gasteiger partial charge in [-0.3, -0.25) is 4.98 Å². The van der Waals surface area contributed by atoms with Crippen molar-refractivity contribution in [2.45, 2.75) is 9.24 Å². The molecule has 0 atom stereocenters. The van der Waals surface area contributed by atoms with Gasteiger partial charge in [0.2, 0.25) is 0 Å². The Hall–Kier alpha value is -1.66. The van der Waals surface area contributed by atoms with Crippen LogP contribution in [0.2, 0.25) is 0 Å². The molecule has 6 heteroatoms. The average Bonchev–Trinajstić information content (AvgIpc) is 2.86.